The predicted molar refractivity (Wildman–Crippen MR) is 109 cm³/mol. The van der Waals surface area contributed by atoms with Gasteiger partial charge in [-0.15, -0.1) is 0 Å². The zero-order valence-electron chi connectivity index (χ0n) is 15.9. The SMILES string of the molecule is c1ccc(CN2CCC(CN3CCCCC3)(c3ccccc3)CC2)cc1. The number of piperidine rings is 2. The zero-order chi connectivity index (χ0) is 17.7. The van der Waals surface area contributed by atoms with Gasteiger partial charge in [-0.05, 0) is 63.0 Å². The number of rotatable bonds is 5. The van der Waals surface area contributed by atoms with Crippen LogP contribution in [0.1, 0.15) is 43.2 Å². The van der Waals surface area contributed by atoms with E-state index in [9.17, 15) is 0 Å². The van der Waals surface area contributed by atoms with Gasteiger partial charge >= 0.3 is 0 Å². The fourth-order valence-corrected chi connectivity index (χ4v) is 4.86. The minimum atomic E-state index is 0.339. The minimum Gasteiger partial charge on any atom is -0.302 e. The third-order valence-corrected chi connectivity index (χ3v) is 6.42. The lowest BCUT2D eigenvalue weighted by atomic mass is 9.72. The fraction of sp³-hybridized carbons (Fsp3) is 0.500. The number of likely N-dealkylation sites (tertiary alicyclic amines) is 2. The van der Waals surface area contributed by atoms with Crippen molar-refractivity contribution in [3.05, 3.63) is 71.8 Å². The van der Waals surface area contributed by atoms with Crippen LogP contribution in [-0.2, 0) is 12.0 Å². The molecule has 26 heavy (non-hydrogen) atoms. The van der Waals surface area contributed by atoms with E-state index in [0.29, 0.717) is 5.41 Å². The van der Waals surface area contributed by atoms with E-state index in [2.05, 4.69) is 70.5 Å². The van der Waals surface area contributed by atoms with Gasteiger partial charge in [0.1, 0.15) is 0 Å². The van der Waals surface area contributed by atoms with Crippen LogP contribution in [0.15, 0.2) is 60.7 Å². The summed E-state index contributed by atoms with van der Waals surface area (Å²) in [6.45, 7) is 7.34. The summed E-state index contributed by atoms with van der Waals surface area (Å²) in [5.41, 5.74) is 3.34. The monoisotopic (exact) mass is 348 g/mol. The van der Waals surface area contributed by atoms with Crippen molar-refractivity contribution in [1.82, 2.24) is 9.80 Å². The van der Waals surface area contributed by atoms with E-state index in [1.807, 2.05) is 0 Å². The molecule has 0 saturated carbocycles. The van der Waals surface area contributed by atoms with E-state index in [1.54, 1.807) is 5.56 Å². The van der Waals surface area contributed by atoms with Gasteiger partial charge in [0.2, 0.25) is 0 Å². The summed E-state index contributed by atoms with van der Waals surface area (Å²) in [4.78, 5) is 5.39. The van der Waals surface area contributed by atoms with E-state index in [1.165, 1.54) is 70.4 Å². The standard InChI is InChI=1S/C24H32N2/c1-4-10-22(11-5-1)20-25-18-14-24(15-19-25,23-12-6-2-7-13-23)21-26-16-8-3-9-17-26/h1-2,4-7,10-13H,3,8-9,14-21H2. The molecule has 0 N–H and O–H groups in total. The molecule has 0 spiro atoms. The second-order valence-corrected chi connectivity index (χ2v) is 8.24. The molecule has 138 valence electrons. The van der Waals surface area contributed by atoms with Gasteiger partial charge < -0.3 is 4.90 Å². The lowest BCUT2D eigenvalue weighted by Gasteiger charge is -2.45. The Morgan fingerprint density at radius 1 is 0.654 bits per heavy atom. The third-order valence-electron chi connectivity index (χ3n) is 6.42. The first kappa shape index (κ1) is 17.8. The van der Waals surface area contributed by atoms with Gasteiger partial charge in [-0.3, -0.25) is 4.90 Å². The first-order valence-electron chi connectivity index (χ1n) is 10.4. The lowest BCUT2D eigenvalue weighted by molar-refractivity contribution is 0.102. The fourth-order valence-electron chi connectivity index (χ4n) is 4.86. The Kier molecular flexibility index (Phi) is 5.72. The summed E-state index contributed by atoms with van der Waals surface area (Å²) < 4.78 is 0. The lowest BCUT2D eigenvalue weighted by Crippen LogP contribution is -2.49. The average molecular weight is 349 g/mol. The van der Waals surface area contributed by atoms with Gasteiger partial charge in [0.05, 0.1) is 0 Å². The van der Waals surface area contributed by atoms with Gasteiger partial charge in [-0.2, -0.15) is 0 Å². The Hall–Kier alpha value is -1.64. The van der Waals surface area contributed by atoms with Crippen molar-refractivity contribution >= 4 is 0 Å². The van der Waals surface area contributed by atoms with Crippen molar-refractivity contribution in [2.75, 3.05) is 32.7 Å². The number of benzene rings is 2. The van der Waals surface area contributed by atoms with Gasteiger partial charge in [0.15, 0.2) is 0 Å². The molecule has 2 aliphatic rings. The summed E-state index contributed by atoms with van der Waals surface area (Å²) in [5.74, 6) is 0. The van der Waals surface area contributed by atoms with Crippen LogP contribution in [0.4, 0.5) is 0 Å². The Morgan fingerprint density at radius 3 is 1.92 bits per heavy atom. The average Bonchev–Trinajstić information content (AvgIpc) is 2.72. The van der Waals surface area contributed by atoms with Crippen LogP contribution < -0.4 is 0 Å². The molecule has 0 radical (unpaired) electrons. The van der Waals surface area contributed by atoms with E-state index < -0.39 is 0 Å². The van der Waals surface area contributed by atoms with Crippen LogP contribution in [0.25, 0.3) is 0 Å². The highest BCUT2D eigenvalue weighted by Gasteiger charge is 2.37. The number of hydrogen-bond acceptors (Lipinski definition) is 2. The summed E-state index contributed by atoms with van der Waals surface area (Å²) >= 11 is 0. The van der Waals surface area contributed by atoms with Crippen molar-refractivity contribution in [2.24, 2.45) is 0 Å². The Bertz CT molecular complexity index is 653. The van der Waals surface area contributed by atoms with Crippen LogP contribution >= 0.6 is 0 Å². The van der Waals surface area contributed by atoms with Crippen molar-refractivity contribution in [2.45, 2.75) is 44.1 Å². The Labute approximate surface area is 158 Å². The van der Waals surface area contributed by atoms with E-state index in [4.69, 9.17) is 0 Å². The molecule has 2 aromatic rings. The highest BCUT2D eigenvalue weighted by atomic mass is 15.2. The van der Waals surface area contributed by atoms with Gasteiger partial charge in [-0.1, -0.05) is 67.1 Å². The number of nitrogens with zero attached hydrogens (tertiary/aromatic N) is 2. The summed E-state index contributed by atoms with van der Waals surface area (Å²) in [6.07, 6.45) is 6.73. The molecule has 0 amide bonds. The van der Waals surface area contributed by atoms with Crippen LogP contribution in [0.2, 0.25) is 0 Å². The highest BCUT2D eigenvalue weighted by Crippen LogP contribution is 2.37. The molecule has 2 nitrogen and oxygen atoms in total. The minimum absolute atomic E-state index is 0.339. The van der Waals surface area contributed by atoms with Crippen LogP contribution in [0.5, 0.6) is 0 Å². The Balaban J connectivity index is 1.46. The molecule has 4 rings (SSSR count). The van der Waals surface area contributed by atoms with Crippen LogP contribution in [-0.4, -0.2) is 42.5 Å². The first-order valence-corrected chi connectivity index (χ1v) is 10.4. The maximum absolute atomic E-state index is 2.74. The van der Waals surface area contributed by atoms with Crippen molar-refractivity contribution in [3.63, 3.8) is 0 Å². The Morgan fingerprint density at radius 2 is 1.27 bits per heavy atom. The van der Waals surface area contributed by atoms with Gasteiger partial charge in [0.25, 0.3) is 0 Å². The molecular weight excluding hydrogens is 316 g/mol. The van der Waals surface area contributed by atoms with Crippen molar-refractivity contribution in [3.8, 4) is 0 Å². The molecule has 2 aromatic carbocycles. The molecule has 2 saturated heterocycles. The topological polar surface area (TPSA) is 6.48 Å². The summed E-state index contributed by atoms with van der Waals surface area (Å²) in [6, 6.07) is 22.3. The molecule has 2 fully saturated rings. The highest BCUT2D eigenvalue weighted by molar-refractivity contribution is 5.27. The largest absolute Gasteiger partial charge is 0.302 e. The molecule has 0 aromatic heterocycles. The van der Waals surface area contributed by atoms with Crippen molar-refractivity contribution in [1.29, 1.82) is 0 Å². The quantitative estimate of drug-likeness (QED) is 0.772. The van der Waals surface area contributed by atoms with Gasteiger partial charge in [0, 0.05) is 18.5 Å². The van der Waals surface area contributed by atoms with Crippen LogP contribution in [0, 0.1) is 0 Å². The molecule has 2 aliphatic heterocycles. The molecule has 2 heteroatoms. The molecule has 0 aliphatic carbocycles. The normalized spacial score (nSPS) is 21.5. The second kappa shape index (κ2) is 8.37. The zero-order valence-corrected chi connectivity index (χ0v) is 15.9. The van der Waals surface area contributed by atoms with E-state index in [0.717, 1.165) is 6.54 Å². The maximum atomic E-state index is 2.74. The van der Waals surface area contributed by atoms with E-state index in [-0.39, 0.29) is 0 Å². The van der Waals surface area contributed by atoms with Gasteiger partial charge in [-0.25, -0.2) is 0 Å². The number of hydrogen-bond donors (Lipinski definition) is 0. The van der Waals surface area contributed by atoms with Crippen LogP contribution in [0.3, 0.4) is 0 Å². The smallest absolute Gasteiger partial charge is 0.0233 e. The van der Waals surface area contributed by atoms with E-state index >= 15 is 0 Å². The molecule has 0 atom stereocenters. The predicted octanol–water partition coefficient (Wildman–Crippen LogP) is 4.71. The summed E-state index contributed by atoms with van der Waals surface area (Å²) in [7, 11) is 0. The first-order chi connectivity index (χ1) is 12.8. The molecule has 0 bridgehead atoms. The molecule has 2 heterocycles. The second-order valence-electron chi connectivity index (χ2n) is 8.24. The maximum Gasteiger partial charge on any atom is 0.0233 e. The van der Waals surface area contributed by atoms with Crippen molar-refractivity contribution < 1.29 is 0 Å². The molecular formula is C24H32N2. The summed E-state index contributed by atoms with van der Waals surface area (Å²) in [5, 5.41) is 0. The molecule has 0 unspecified atom stereocenters. The third kappa shape index (κ3) is 4.19.